The lowest BCUT2D eigenvalue weighted by atomic mass is 10.1. The highest BCUT2D eigenvalue weighted by molar-refractivity contribution is 7.99. The van der Waals surface area contributed by atoms with Crippen molar-refractivity contribution in [2.45, 2.75) is 24.8 Å². The van der Waals surface area contributed by atoms with Crippen LogP contribution in [0.5, 0.6) is 5.75 Å². The standard InChI is InChI=1S/C14H21NO4S2/c1-10-6-13(19-3)7-11(2)14(10)21(17,18)15-4-5-20-9-12(15)8-16/h6-7,12,16H,4-5,8-9H2,1-3H3/t12-/m1/s1. The molecule has 0 saturated carbocycles. The molecule has 1 N–H and O–H groups in total. The van der Waals surface area contributed by atoms with Gasteiger partial charge in [0.1, 0.15) is 5.75 Å². The molecule has 0 bridgehead atoms. The number of hydrogen-bond acceptors (Lipinski definition) is 5. The molecule has 1 aliphatic rings. The molecule has 0 aliphatic carbocycles. The third kappa shape index (κ3) is 3.21. The van der Waals surface area contributed by atoms with E-state index in [9.17, 15) is 13.5 Å². The number of benzene rings is 1. The van der Waals surface area contributed by atoms with Crippen molar-refractivity contribution in [3.63, 3.8) is 0 Å². The Kier molecular flexibility index (Phi) is 5.19. The Bertz CT molecular complexity index is 592. The number of hydrogen-bond donors (Lipinski definition) is 1. The van der Waals surface area contributed by atoms with Gasteiger partial charge in [0.15, 0.2) is 0 Å². The fourth-order valence-electron chi connectivity index (χ4n) is 2.65. The van der Waals surface area contributed by atoms with E-state index in [0.29, 0.717) is 34.1 Å². The van der Waals surface area contributed by atoms with Crippen LogP contribution in [-0.2, 0) is 10.0 Å². The van der Waals surface area contributed by atoms with Gasteiger partial charge in [-0.05, 0) is 37.1 Å². The highest BCUT2D eigenvalue weighted by atomic mass is 32.2. The molecule has 1 heterocycles. The van der Waals surface area contributed by atoms with Gasteiger partial charge in [0.05, 0.1) is 24.7 Å². The average molecular weight is 331 g/mol. The van der Waals surface area contributed by atoms with Gasteiger partial charge in [-0.25, -0.2) is 8.42 Å². The van der Waals surface area contributed by atoms with E-state index in [4.69, 9.17) is 4.74 Å². The lowest BCUT2D eigenvalue weighted by molar-refractivity contribution is 0.202. The zero-order valence-corrected chi connectivity index (χ0v) is 14.1. The lowest BCUT2D eigenvalue weighted by Gasteiger charge is -2.34. The maximum absolute atomic E-state index is 13.0. The van der Waals surface area contributed by atoms with Gasteiger partial charge in [-0.3, -0.25) is 0 Å². The zero-order valence-electron chi connectivity index (χ0n) is 12.5. The number of methoxy groups -OCH3 is 1. The summed E-state index contributed by atoms with van der Waals surface area (Å²) in [6.07, 6.45) is 0. The van der Waals surface area contributed by atoms with Gasteiger partial charge in [-0.15, -0.1) is 0 Å². The Hall–Kier alpha value is -0.760. The summed E-state index contributed by atoms with van der Waals surface area (Å²) < 4.78 is 32.5. The molecule has 1 aliphatic heterocycles. The molecule has 1 atom stereocenters. The second-order valence-electron chi connectivity index (χ2n) is 5.12. The summed E-state index contributed by atoms with van der Waals surface area (Å²) in [7, 11) is -2.04. The Morgan fingerprint density at radius 3 is 2.52 bits per heavy atom. The van der Waals surface area contributed by atoms with Gasteiger partial charge in [-0.2, -0.15) is 16.1 Å². The molecular formula is C14H21NO4S2. The van der Waals surface area contributed by atoms with Crippen LogP contribution in [0.15, 0.2) is 17.0 Å². The monoisotopic (exact) mass is 331 g/mol. The van der Waals surface area contributed by atoms with Gasteiger partial charge in [-0.1, -0.05) is 0 Å². The van der Waals surface area contributed by atoms with Crippen LogP contribution < -0.4 is 4.74 Å². The van der Waals surface area contributed by atoms with Crippen molar-refractivity contribution < 1.29 is 18.3 Å². The predicted octanol–water partition coefficient (Wildman–Crippen LogP) is 1.41. The van der Waals surface area contributed by atoms with E-state index in [1.54, 1.807) is 44.9 Å². The van der Waals surface area contributed by atoms with E-state index >= 15 is 0 Å². The minimum atomic E-state index is -3.61. The molecule has 1 aromatic carbocycles. The van der Waals surface area contributed by atoms with Crippen molar-refractivity contribution in [3.8, 4) is 5.75 Å². The molecule has 0 aromatic heterocycles. The van der Waals surface area contributed by atoms with E-state index in [1.807, 2.05) is 0 Å². The van der Waals surface area contributed by atoms with Crippen LogP contribution in [-0.4, -0.2) is 55.6 Å². The fraction of sp³-hybridized carbons (Fsp3) is 0.571. The number of ether oxygens (including phenoxy) is 1. The summed E-state index contributed by atoms with van der Waals surface area (Å²) in [5, 5.41) is 9.45. The molecule has 1 saturated heterocycles. The van der Waals surface area contributed by atoms with E-state index in [2.05, 4.69) is 0 Å². The van der Waals surface area contributed by atoms with Crippen LogP contribution in [0.2, 0.25) is 0 Å². The predicted molar refractivity (Wildman–Crippen MR) is 84.6 cm³/mol. The summed E-state index contributed by atoms with van der Waals surface area (Å²) >= 11 is 1.67. The van der Waals surface area contributed by atoms with E-state index < -0.39 is 10.0 Å². The number of aryl methyl sites for hydroxylation is 2. The average Bonchev–Trinajstić information content (AvgIpc) is 2.46. The summed E-state index contributed by atoms with van der Waals surface area (Å²) in [5.41, 5.74) is 1.34. The number of aliphatic hydroxyl groups excluding tert-OH is 1. The first-order valence-corrected chi connectivity index (χ1v) is 9.37. The fourth-order valence-corrected chi connectivity index (χ4v) is 5.94. The van der Waals surface area contributed by atoms with Crippen molar-refractivity contribution in [2.24, 2.45) is 0 Å². The number of nitrogens with zero attached hydrogens (tertiary/aromatic N) is 1. The Labute approximate surface area is 130 Å². The molecule has 0 unspecified atom stereocenters. The highest BCUT2D eigenvalue weighted by Gasteiger charge is 2.35. The van der Waals surface area contributed by atoms with Crippen molar-refractivity contribution in [1.82, 2.24) is 4.31 Å². The van der Waals surface area contributed by atoms with Crippen LogP contribution >= 0.6 is 11.8 Å². The maximum atomic E-state index is 13.0. The molecular weight excluding hydrogens is 310 g/mol. The van der Waals surface area contributed by atoms with Gasteiger partial charge < -0.3 is 9.84 Å². The molecule has 1 aromatic rings. The number of thioether (sulfide) groups is 1. The van der Waals surface area contributed by atoms with Crippen molar-refractivity contribution in [1.29, 1.82) is 0 Å². The number of rotatable bonds is 4. The SMILES string of the molecule is COc1cc(C)c(S(=O)(=O)N2CCSC[C@H]2CO)c(C)c1. The highest BCUT2D eigenvalue weighted by Crippen LogP contribution is 2.31. The van der Waals surface area contributed by atoms with Gasteiger partial charge >= 0.3 is 0 Å². The van der Waals surface area contributed by atoms with E-state index in [0.717, 1.165) is 5.75 Å². The van der Waals surface area contributed by atoms with Gasteiger partial charge in [0.25, 0.3) is 0 Å². The van der Waals surface area contributed by atoms with Crippen LogP contribution in [0.4, 0.5) is 0 Å². The van der Waals surface area contributed by atoms with Crippen molar-refractivity contribution in [3.05, 3.63) is 23.3 Å². The smallest absolute Gasteiger partial charge is 0.243 e. The van der Waals surface area contributed by atoms with Crippen LogP contribution in [0.25, 0.3) is 0 Å². The van der Waals surface area contributed by atoms with Gasteiger partial charge in [0.2, 0.25) is 10.0 Å². The first-order valence-electron chi connectivity index (χ1n) is 6.77. The van der Waals surface area contributed by atoms with E-state index in [1.165, 1.54) is 4.31 Å². The Balaban J connectivity index is 2.48. The number of sulfonamides is 1. The molecule has 118 valence electrons. The van der Waals surface area contributed by atoms with Crippen LogP contribution in [0, 0.1) is 13.8 Å². The summed E-state index contributed by atoms with van der Waals surface area (Å²) in [5.74, 6) is 2.03. The minimum Gasteiger partial charge on any atom is -0.497 e. The Morgan fingerprint density at radius 2 is 2.00 bits per heavy atom. The van der Waals surface area contributed by atoms with Crippen molar-refractivity contribution >= 4 is 21.8 Å². The summed E-state index contributed by atoms with van der Waals surface area (Å²) in [4.78, 5) is 0.327. The molecule has 5 nitrogen and oxygen atoms in total. The molecule has 0 spiro atoms. The second-order valence-corrected chi connectivity index (χ2v) is 8.09. The first kappa shape index (κ1) is 16.6. The third-order valence-electron chi connectivity index (χ3n) is 3.62. The molecule has 2 rings (SSSR count). The minimum absolute atomic E-state index is 0.152. The van der Waals surface area contributed by atoms with Crippen LogP contribution in [0.3, 0.4) is 0 Å². The quantitative estimate of drug-likeness (QED) is 0.903. The van der Waals surface area contributed by atoms with Crippen LogP contribution in [0.1, 0.15) is 11.1 Å². The largest absolute Gasteiger partial charge is 0.497 e. The van der Waals surface area contributed by atoms with Gasteiger partial charge in [0, 0.05) is 18.1 Å². The zero-order chi connectivity index (χ0) is 15.6. The molecule has 0 amide bonds. The second kappa shape index (κ2) is 6.56. The lowest BCUT2D eigenvalue weighted by Crippen LogP contribution is -2.48. The molecule has 0 radical (unpaired) electrons. The summed E-state index contributed by atoms with van der Waals surface area (Å²) in [6, 6.07) is 3.11. The van der Waals surface area contributed by atoms with E-state index in [-0.39, 0.29) is 12.6 Å². The first-order chi connectivity index (χ1) is 9.91. The van der Waals surface area contributed by atoms with Crippen molar-refractivity contribution in [2.75, 3.05) is 31.8 Å². The molecule has 7 heteroatoms. The third-order valence-corrected chi connectivity index (χ3v) is 6.97. The maximum Gasteiger partial charge on any atom is 0.243 e. The molecule has 21 heavy (non-hydrogen) atoms. The molecule has 1 fully saturated rings. The summed E-state index contributed by atoms with van der Waals surface area (Å²) in [6.45, 7) is 3.83. The normalized spacial score (nSPS) is 20.5. The Morgan fingerprint density at radius 1 is 1.38 bits per heavy atom. The number of aliphatic hydroxyl groups is 1. The topological polar surface area (TPSA) is 66.8 Å².